The average Bonchev–Trinajstić information content (AvgIpc) is 2.92. The van der Waals surface area contributed by atoms with Gasteiger partial charge in [-0.15, -0.1) is 0 Å². The number of rotatable bonds is 8. The topological polar surface area (TPSA) is 60.2 Å². The Labute approximate surface area is 125 Å². The number of ether oxygens (including phenoxy) is 1. The fourth-order valence-electron chi connectivity index (χ4n) is 2.13. The number of nitrogens with one attached hydrogen (secondary N) is 1. The van der Waals surface area contributed by atoms with Gasteiger partial charge in [0.25, 0.3) is 0 Å². The molecule has 1 unspecified atom stereocenters. The molecule has 0 aliphatic heterocycles. The third-order valence-electron chi connectivity index (χ3n) is 3.23. The summed E-state index contributed by atoms with van der Waals surface area (Å²) in [5, 5.41) is 7.46. The Morgan fingerprint density at radius 1 is 1.38 bits per heavy atom. The molecule has 1 N–H and O–H groups in total. The smallest absolute Gasteiger partial charge is 0.228 e. The molecule has 0 spiro atoms. The Bertz CT molecular complexity index is 554. The highest BCUT2D eigenvalue weighted by molar-refractivity contribution is 5.30. The third-order valence-corrected chi connectivity index (χ3v) is 3.23. The molecule has 1 atom stereocenters. The van der Waals surface area contributed by atoms with Crippen molar-refractivity contribution < 1.29 is 9.26 Å². The highest BCUT2D eigenvalue weighted by atomic mass is 16.5. The van der Waals surface area contributed by atoms with E-state index < -0.39 is 0 Å². The Balaban J connectivity index is 1.93. The van der Waals surface area contributed by atoms with Crippen LogP contribution in [0.15, 0.2) is 28.8 Å². The Morgan fingerprint density at radius 3 is 3.00 bits per heavy atom. The van der Waals surface area contributed by atoms with E-state index in [0.717, 1.165) is 30.7 Å². The molecule has 0 saturated heterocycles. The van der Waals surface area contributed by atoms with E-state index in [1.165, 1.54) is 0 Å². The van der Waals surface area contributed by atoms with Gasteiger partial charge < -0.3 is 14.6 Å². The normalized spacial score (nSPS) is 12.3. The van der Waals surface area contributed by atoms with Crippen molar-refractivity contribution in [3.8, 4) is 5.75 Å². The molecule has 0 saturated carbocycles. The summed E-state index contributed by atoms with van der Waals surface area (Å²) in [6, 6.07) is 8.25. The largest absolute Gasteiger partial charge is 0.497 e. The minimum Gasteiger partial charge on any atom is -0.497 e. The first-order valence-corrected chi connectivity index (χ1v) is 7.39. The van der Waals surface area contributed by atoms with Crippen LogP contribution in [0, 0.1) is 0 Å². The van der Waals surface area contributed by atoms with Gasteiger partial charge in [0.05, 0.1) is 7.11 Å². The first kappa shape index (κ1) is 15.5. The van der Waals surface area contributed by atoms with Crippen LogP contribution in [-0.4, -0.2) is 29.8 Å². The second-order valence-electron chi connectivity index (χ2n) is 5.19. The molecule has 1 aromatic carbocycles. The van der Waals surface area contributed by atoms with Crippen molar-refractivity contribution in [1.29, 1.82) is 0 Å². The van der Waals surface area contributed by atoms with Crippen molar-refractivity contribution in [1.82, 2.24) is 15.5 Å². The van der Waals surface area contributed by atoms with Crippen molar-refractivity contribution in [2.75, 3.05) is 13.7 Å². The van der Waals surface area contributed by atoms with E-state index in [0.29, 0.717) is 24.2 Å². The van der Waals surface area contributed by atoms with E-state index in [1.54, 1.807) is 7.11 Å². The summed E-state index contributed by atoms with van der Waals surface area (Å²) >= 11 is 0. The summed E-state index contributed by atoms with van der Waals surface area (Å²) in [4.78, 5) is 4.45. The first-order chi connectivity index (χ1) is 10.2. The van der Waals surface area contributed by atoms with E-state index in [2.05, 4.69) is 29.3 Å². The quantitative estimate of drug-likeness (QED) is 0.809. The van der Waals surface area contributed by atoms with Crippen LogP contribution in [0.3, 0.4) is 0 Å². The summed E-state index contributed by atoms with van der Waals surface area (Å²) in [6.45, 7) is 5.28. The number of aromatic nitrogens is 2. The molecule has 1 aromatic heterocycles. The van der Waals surface area contributed by atoms with Gasteiger partial charge in [-0.25, -0.2) is 0 Å². The molecule has 1 heterocycles. The van der Waals surface area contributed by atoms with Crippen LogP contribution >= 0.6 is 0 Å². The minimum atomic E-state index is 0.343. The zero-order chi connectivity index (χ0) is 15.1. The Hall–Kier alpha value is -1.88. The summed E-state index contributed by atoms with van der Waals surface area (Å²) in [5.41, 5.74) is 1.11. The lowest BCUT2D eigenvalue weighted by Crippen LogP contribution is -2.28. The molecular formula is C16H23N3O2. The van der Waals surface area contributed by atoms with E-state index in [1.807, 2.05) is 24.3 Å². The van der Waals surface area contributed by atoms with Gasteiger partial charge in [0.15, 0.2) is 5.82 Å². The Kier molecular flexibility index (Phi) is 5.75. The van der Waals surface area contributed by atoms with Gasteiger partial charge in [0.1, 0.15) is 5.75 Å². The highest BCUT2D eigenvalue weighted by Gasteiger charge is 2.11. The van der Waals surface area contributed by atoms with Crippen molar-refractivity contribution in [2.24, 2.45) is 0 Å². The molecule has 0 aliphatic carbocycles. The van der Waals surface area contributed by atoms with E-state index >= 15 is 0 Å². The van der Waals surface area contributed by atoms with Gasteiger partial charge in [-0.3, -0.25) is 0 Å². The van der Waals surface area contributed by atoms with Gasteiger partial charge in [-0.05, 0) is 37.6 Å². The van der Waals surface area contributed by atoms with Gasteiger partial charge in [0, 0.05) is 18.9 Å². The lowest BCUT2D eigenvalue weighted by molar-refractivity contribution is 0.358. The molecule has 5 heteroatoms. The molecule has 0 amide bonds. The molecule has 2 aromatic rings. The predicted octanol–water partition coefficient (Wildman–Crippen LogP) is 2.60. The summed E-state index contributed by atoms with van der Waals surface area (Å²) in [7, 11) is 1.66. The lowest BCUT2D eigenvalue weighted by Gasteiger charge is -2.09. The van der Waals surface area contributed by atoms with Crippen LogP contribution in [0.25, 0.3) is 0 Å². The van der Waals surface area contributed by atoms with E-state index in [9.17, 15) is 0 Å². The summed E-state index contributed by atoms with van der Waals surface area (Å²) in [6.07, 6.45) is 2.53. The Morgan fingerprint density at radius 2 is 2.24 bits per heavy atom. The SMILES string of the molecule is CCCNC(C)Cc1nc(Cc2cccc(OC)c2)no1. The second kappa shape index (κ2) is 7.78. The summed E-state index contributed by atoms with van der Waals surface area (Å²) in [5.74, 6) is 2.23. The maximum atomic E-state index is 5.31. The van der Waals surface area contributed by atoms with Crippen molar-refractivity contribution in [3.63, 3.8) is 0 Å². The number of hydrogen-bond donors (Lipinski definition) is 1. The molecule has 0 aliphatic rings. The molecule has 0 fully saturated rings. The molecular weight excluding hydrogens is 266 g/mol. The zero-order valence-corrected chi connectivity index (χ0v) is 12.9. The fourth-order valence-corrected chi connectivity index (χ4v) is 2.13. The van der Waals surface area contributed by atoms with Crippen LogP contribution in [0.1, 0.15) is 37.5 Å². The molecule has 114 valence electrons. The van der Waals surface area contributed by atoms with Crippen molar-refractivity contribution in [2.45, 2.75) is 39.2 Å². The fraction of sp³-hybridized carbons (Fsp3) is 0.500. The van der Waals surface area contributed by atoms with E-state index in [4.69, 9.17) is 9.26 Å². The lowest BCUT2D eigenvalue weighted by atomic mass is 10.1. The molecule has 0 radical (unpaired) electrons. The summed E-state index contributed by atoms with van der Waals surface area (Å²) < 4.78 is 10.5. The van der Waals surface area contributed by atoms with Gasteiger partial charge >= 0.3 is 0 Å². The highest BCUT2D eigenvalue weighted by Crippen LogP contribution is 2.15. The van der Waals surface area contributed by atoms with Gasteiger partial charge in [-0.1, -0.05) is 24.2 Å². The molecule has 21 heavy (non-hydrogen) atoms. The third kappa shape index (κ3) is 4.86. The molecule has 0 bridgehead atoms. The number of hydrogen-bond acceptors (Lipinski definition) is 5. The van der Waals surface area contributed by atoms with Crippen molar-refractivity contribution >= 4 is 0 Å². The minimum absolute atomic E-state index is 0.343. The maximum absolute atomic E-state index is 5.31. The predicted molar refractivity (Wildman–Crippen MR) is 81.6 cm³/mol. The monoisotopic (exact) mass is 289 g/mol. The standard InChI is InChI=1S/C16H23N3O2/c1-4-8-17-12(2)9-16-18-15(19-21-16)11-13-6-5-7-14(10-13)20-3/h5-7,10,12,17H,4,8-9,11H2,1-3H3. The van der Waals surface area contributed by atoms with Crippen LogP contribution in [0.4, 0.5) is 0 Å². The zero-order valence-electron chi connectivity index (χ0n) is 12.9. The van der Waals surface area contributed by atoms with Crippen LogP contribution in [0.2, 0.25) is 0 Å². The van der Waals surface area contributed by atoms with Crippen LogP contribution < -0.4 is 10.1 Å². The van der Waals surface area contributed by atoms with Crippen molar-refractivity contribution in [3.05, 3.63) is 41.5 Å². The second-order valence-corrected chi connectivity index (χ2v) is 5.19. The van der Waals surface area contributed by atoms with Crippen LogP contribution in [-0.2, 0) is 12.8 Å². The number of benzene rings is 1. The average molecular weight is 289 g/mol. The number of nitrogens with zero attached hydrogens (tertiary/aromatic N) is 2. The van der Waals surface area contributed by atoms with Gasteiger partial charge in [-0.2, -0.15) is 4.98 Å². The maximum Gasteiger partial charge on any atom is 0.228 e. The van der Waals surface area contributed by atoms with E-state index in [-0.39, 0.29) is 0 Å². The van der Waals surface area contributed by atoms with Crippen LogP contribution in [0.5, 0.6) is 5.75 Å². The first-order valence-electron chi connectivity index (χ1n) is 7.39. The number of methoxy groups -OCH3 is 1. The van der Waals surface area contributed by atoms with Gasteiger partial charge in [0.2, 0.25) is 5.89 Å². The molecule has 2 rings (SSSR count). The molecule has 5 nitrogen and oxygen atoms in total.